The average molecular weight is 260 g/mol. The SMILES string of the molecule is CC1Cc2c(sc3nc(-c4ccco4)nn23)CN1. The summed E-state index contributed by atoms with van der Waals surface area (Å²) in [4.78, 5) is 6.82. The van der Waals surface area contributed by atoms with Crippen LogP contribution in [0.1, 0.15) is 17.5 Å². The van der Waals surface area contributed by atoms with Gasteiger partial charge in [0.25, 0.3) is 0 Å². The maximum Gasteiger partial charge on any atom is 0.218 e. The Morgan fingerprint density at radius 1 is 1.56 bits per heavy atom. The second-order valence-electron chi connectivity index (χ2n) is 4.57. The highest BCUT2D eigenvalue weighted by atomic mass is 32.1. The van der Waals surface area contributed by atoms with Crippen molar-refractivity contribution in [3.63, 3.8) is 0 Å². The third kappa shape index (κ3) is 1.42. The average Bonchev–Trinajstić information content (AvgIpc) is 3.02. The number of rotatable bonds is 1. The molecule has 1 atom stereocenters. The summed E-state index contributed by atoms with van der Waals surface area (Å²) in [5, 5.41) is 8.01. The molecule has 4 heterocycles. The van der Waals surface area contributed by atoms with E-state index in [1.807, 2.05) is 16.6 Å². The van der Waals surface area contributed by atoms with Gasteiger partial charge in [-0.25, -0.2) is 4.52 Å². The third-order valence-corrected chi connectivity index (χ3v) is 4.29. The zero-order valence-corrected chi connectivity index (χ0v) is 10.7. The topological polar surface area (TPSA) is 55.4 Å². The molecule has 0 fully saturated rings. The molecule has 3 aromatic rings. The van der Waals surface area contributed by atoms with Crippen molar-refractivity contribution in [2.75, 3.05) is 0 Å². The molecular formula is C12H12N4OS. The van der Waals surface area contributed by atoms with Crippen LogP contribution in [0, 0.1) is 0 Å². The molecule has 4 rings (SSSR count). The summed E-state index contributed by atoms with van der Waals surface area (Å²) >= 11 is 1.71. The lowest BCUT2D eigenvalue weighted by molar-refractivity contribution is 0.505. The summed E-state index contributed by atoms with van der Waals surface area (Å²) in [6.45, 7) is 3.11. The number of furan rings is 1. The molecule has 3 aromatic heterocycles. The molecule has 0 radical (unpaired) electrons. The zero-order valence-electron chi connectivity index (χ0n) is 9.88. The molecule has 6 heteroatoms. The molecule has 1 unspecified atom stereocenters. The molecule has 1 aliphatic rings. The summed E-state index contributed by atoms with van der Waals surface area (Å²) in [6, 6.07) is 4.23. The van der Waals surface area contributed by atoms with Gasteiger partial charge in [0, 0.05) is 23.9 Å². The first-order chi connectivity index (χ1) is 8.81. The van der Waals surface area contributed by atoms with Crippen molar-refractivity contribution in [2.45, 2.75) is 25.9 Å². The van der Waals surface area contributed by atoms with Crippen LogP contribution < -0.4 is 5.32 Å². The molecule has 0 amide bonds. The quantitative estimate of drug-likeness (QED) is 0.728. The van der Waals surface area contributed by atoms with Gasteiger partial charge in [-0.1, -0.05) is 11.3 Å². The molecular weight excluding hydrogens is 248 g/mol. The van der Waals surface area contributed by atoms with E-state index >= 15 is 0 Å². The van der Waals surface area contributed by atoms with Gasteiger partial charge in [-0.15, -0.1) is 5.10 Å². The standard InChI is InChI=1S/C12H12N4OS/c1-7-5-8-10(6-13-7)18-12-14-11(15-16(8)12)9-3-2-4-17-9/h2-4,7,13H,5-6H2,1H3. The van der Waals surface area contributed by atoms with Crippen molar-refractivity contribution >= 4 is 16.3 Å². The highest BCUT2D eigenvalue weighted by Crippen LogP contribution is 2.28. The summed E-state index contributed by atoms with van der Waals surface area (Å²) in [7, 11) is 0. The Hall–Kier alpha value is -1.66. The molecule has 0 aliphatic carbocycles. The predicted molar refractivity (Wildman–Crippen MR) is 68.6 cm³/mol. The van der Waals surface area contributed by atoms with Gasteiger partial charge in [0.1, 0.15) is 0 Å². The van der Waals surface area contributed by atoms with E-state index in [0.717, 1.165) is 23.7 Å². The summed E-state index contributed by atoms with van der Waals surface area (Å²) < 4.78 is 7.31. The fourth-order valence-electron chi connectivity index (χ4n) is 2.30. The van der Waals surface area contributed by atoms with E-state index in [9.17, 15) is 0 Å². The number of fused-ring (bicyclic) bond motifs is 3. The Labute approximate surface area is 107 Å². The van der Waals surface area contributed by atoms with Crippen LogP contribution in [0.3, 0.4) is 0 Å². The Kier molecular flexibility index (Phi) is 2.09. The number of hydrogen-bond acceptors (Lipinski definition) is 5. The molecule has 0 saturated heterocycles. The fraction of sp³-hybridized carbons (Fsp3) is 0.333. The van der Waals surface area contributed by atoms with Crippen LogP contribution in [-0.4, -0.2) is 20.6 Å². The Balaban J connectivity index is 1.87. The van der Waals surface area contributed by atoms with Crippen LogP contribution in [0.5, 0.6) is 0 Å². The minimum Gasteiger partial charge on any atom is -0.461 e. The Morgan fingerprint density at radius 2 is 2.50 bits per heavy atom. The molecule has 0 bridgehead atoms. The molecule has 0 saturated carbocycles. The van der Waals surface area contributed by atoms with Crippen LogP contribution in [0.2, 0.25) is 0 Å². The van der Waals surface area contributed by atoms with Crippen molar-refractivity contribution in [1.82, 2.24) is 19.9 Å². The molecule has 92 valence electrons. The van der Waals surface area contributed by atoms with Crippen LogP contribution in [0.25, 0.3) is 16.5 Å². The summed E-state index contributed by atoms with van der Waals surface area (Å²) in [5.41, 5.74) is 1.28. The van der Waals surface area contributed by atoms with Crippen molar-refractivity contribution in [3.05, 3.63) is 29.0 Å². The van der Waals surface area contributed by atoms with Crippen LogP contribution in [0.15, 0.2) is 22.8 Å². The molecule has 1 N–H and O–H groups in total. The highest BCUT2D eigenvalue weighted by Gasteiger charge is 2.22. The Bertz CT molecular complexity index is 697. The number of nitrogens with zero attached hydrogens (tertiary/aromatic N) is 3. The number of thiazole rings is 1. The molecule has 0 spiro atoms. The second-order valence-corrected chi connectivity index (χ2v) is 5.63. The lowest BCUT2D eigenvalue weighted by Crippen LogP contribution is -2.32. The minimum absolute atomic E-state index is 0.492. The van der Waals surface area contributed by atoms with E-state index < -0.39 is 0 Å². The maximum atomic E-state index is 5.34. The smallest absolute Gasteiger partial charge is 0.218 e. The Morgan fingerprint density at radius 3 is 3.33 bits per heavy atom. The lowest BCUT2D eigenvalue weighted by Gasteiger charge is -2.19. The third-order valence-electron chi connectivity index (χ3n) is 3.22. The van der Waals surface area contributed by atoms with Gasteiger partial charge in [0.15, 0.2) is 5.76 Å². The van der Waals surface area contributed by atoms with E-state index in [-0.39, 0.29) is 0 Å². The molecule has 5 nitrogen and oxygen atoms in total. The highest BCUT2D eigenvalue weighted by molar-refractivity contribution is 7.17. The van der Waals surface area contributed by atoms with Crippen LogP contribution in [0.4, 0.5) is 0 Å². The van der Waals surface area contributed by atoms with Gasteiger partial charge >= 0.3 is 0 Å². The first kappa shape index (κ1) is 10.3. The van der Waals surface area contributed by atoms with Gasteiger partial charge in [-0.2, -0.15) is 4.98 Å². The van der Waals surface area contributed by atoms with Gasteiger partial charge in [-0.05, 0) is 19.1 Å². The summed E-state index contributed by atoms with van der Waals surface area (Å²) in [6.07, 6.45) is 2.64. The minimum atomic E-state index is 0.492. The van der Waals surface area contributed by atoms with E-state index in [0.29, 0.717) is 11.9 Å². The lowest BCUT2D eigenvalue weighted by atomic mass is 10.1. The molecule has 18 heavy (non-hydrogen) atoms. The maximum absolute atomic E-state index is 5.34. The van der Waals surface area contributed by atoms with Crippen molar-refractivity contribution < 1.29 is 4.42 Å². The number of nitrogens with one attached hydrogen (secondary N) is 1. The van der Waals surface area contributed by atoms with E-state index in [4.69, 9.17) is 4.42 Å². The van der Waals surface area contributed by atoms with Crippen molar-refractivity contribution in [3.8, 4) is 11.6 Å². The number of hydrogen-bond donors (Lipinski definition) is 1. The monoisotopic (exact) mass is 260 g/mol. The van der Waals surface area contributed by atoms with Crippen molar-refractivity contribution in [2.24, 2.45) is 0 Å². The van der Waals surface area contributed by atoms with E-state index in [2.05, 4.69) is 22.3 Å². The van der Waals surface area contributed by atoms with Crippen molar-refractivity contribution in [1.29, 1.82) is 0 Å². The van der Waals surface area contributed by atoms with Gasteiger partial charge < -0.3 is 9.73 Å². The predicted octanol–water partition coefficient (Wildman–Crippen LogP) is 2.08. The fourth-order valence-corrected chi connectivity index (χ4v) is 3.34. The molecule has 0 aromatic carbocycles. The van der Waals surface area contributed by atoms with Crippen LogP contribution in [-0.2, 0) is 13.0 Å². The second kappa shape index (κ2) is 3.66. The van der Waals surface area contributed by atoms with Gasteiger partial charge in [0.2, 0.25) is 10.8 Å². The van der Waals surface area contributed by atoms with E-state index in [1.54, 1.807) is 17.6 Å². The first-order valence-electron chi connectivity index (χ1n) is 5.96. The van der Waals surface area contributed by atoms with Gasteiger partial charge in [-0.3, -0.25) is 0 Å². The first-order valence-corrected chi connectivity index (χ1v) is 6.77. The van der Waals surface area contributed by atoms with E-state index in [1.165, 1.54) is 10.6 Å². The van der Waals surface area contributed by atoms with Crippen LogP contribution >= 0.6 is 11.3 Å². The largest absolute Gasteiger partial charge is 0.461 e. The zero-order chi connectivity index (χ0) is 12.1. The molecule has 1 aliphatic heterocycles. The summed E-state index contributed by atoms with van der Waals surface area (Å²) in [5.74, 6) is 1.39. The van der Waals surface area contributed by atoms with Gasteiger partial charge in [0.05, 0.1) is 12.0 Å². The normalized spacial score (nSPS) is 19.3. The number of aromatic nitrogens is 3.